The van der Waals surface area contributed by atoms with Crippen molar-refractivity contribution in [3.8, 4) is 6.07 Å². The second-order valence-corrected chi connectivity index (χ2v) is 6.36. The monoisotopic (exact) mass is 304 g/mol. The topological polar surface area (TPSA) is 98.6 Å². The van der Waals surface area contributed by atoms with Gasteiger partial charge >= 0.3 is 0 Å². The van der Waals surface area contributed by atoms with Crippen LogP contribution >= 0.6 is 0 Å². The lowest BCUT2D eigenvalue weighted by atomic mass is 10.2. The van der Waals surface area contributed by atoms with E-state index in [1.54, 1.807) is 31.5 Å². The van der Waals surface area contributed by atoms with Crippen LogP contribution in [0.3, 0.4) is 0 Å². The van der Waals surface area contributed by atoms with Gasteiger partial charge in [-0.05, 0) is 31.0 Å². The van der Waals surface area contributed by atoms with Crippen molar-refractivity contribution in [2.75, 3.05) is 6.54 Å². The Balaban J connectivity index is 2.00. The molecule has 0 radical (unpaired) electrons. The summed E-state index contributed by atoms with van der Waals surface area (Å²) in [6.45, 7) is 2.03. The summed E-state index contributed by atoms with van der Waals surface area (Å²) < 4.78 is 27.0. The number of nitrogens with one attached hydrogen (secondary N) is 2. The lowest BCUT2D eigenvalue weighted by Crippen LogP contribution is -2.26. The molecule has 110 valence electrons. The Labute approximate surface area is 123 Å². The summed E-state index contributed by atoms with van der Waals surface area (Å²) in [5.74, 6) is 0.830. The summed E-state index contributed by atoms with van der Waals surface area (Å²) in [7, 11) is -3.60. The van der Waals surface area contributed by atoms with Crippen LogP contribution in [0.15, 0.2) is 35.5 Å². The van der Waals surface area contributed by atoms with Gasteiger partial charge in [-0.25, -0.2) is 18.1 Å². The van der Waals surface area contributed by atoms with Crippen LogP contribution in [0.5, 0.6) is 0 Å². The maximum Gasteiger partial charge on any atom is 0.240 e. The van der Waals surface area contributed by atoms with E-state index < -0.39 is 10.0 Å². The van der Waals surface area contributed by atoms with Crippen LogP contribution in [0, 0.1) is 18.3 Å². The number of aromatic amines is 1. The largest absolute Gasteiger partial charge is 0.349 e. The number of hydrogen-bond acceptors (Lipinski definition) is 4. The molecule has 0 aliphatic rings. The van der Waals surface area contributed by atoms with Gasteiger partial charge in [-0.3, -0.25) is 0 Å². The number of nitrogens with zero attached hydrogens (tertiary/aromatic N) is 2. The summed E-state index contributed by atoms with van der Waals surface area (Å²) >= 11 is 0. The molecule has 0 bridgehead atoms. The minimum absolute atomic E-state index is 0.152. The Morgan fingerprint density at radius 2 is 2.24 bits per heavy atom. The first-order valence-electron chi connectivity index (χ1n) is 6.51. The highest BCUT2D eigenvalue weighted by atomic mass is 32.2. The number of hydrogen-bond donors (Lipinski definition) is 2. The van der Waals surface area contributed by atoms with Crippen molar-refractivity contribution in [3.63, 3.8) is 0 Å². The van der Waals surface area contributed by atoms with Gasteiger partial charge in [0.15, 0.2) is 0 Å². The van der Waals surface area contributed by atoms with E-state index in [-0.39, 0.29) is 4.90 Å². The zero-order valence-corrected chi connectivity index (χ0v) is 12.4. The minimum Gasteiger partial charge on any atom is -0.349 e. The fourth-order valence-electron chi connectivity index (χ4n) is 1.93. The van der Waals surface area contributed by atoms with E-state index in [4.69, 9.17) is 5.26 Å². The first kappa shape index (κ1) is 15.2. The molecule has 0 aliphatic heterocycles. The Morgan fingerprint density at radius 3 is 2.90 bits per heavy atom. The van der Waals surface area contributed by atoms with Crippen LogP contribution in [0.4, 0.5) is 0 Å². The maximum absolute atomic E-state index is 12.2. The number of nitriles is 1. The molecule has 0 spiro atoms. The number of aryl methyl sites for hydroxylation is 2. The molecule has 2 aromatic rings. The molecule has 0 aliphatic carbocycles. The van der Waals surface area contributed by atoms with Crippen molar-refractivity contribution >= 4 is 10.0 Å². The zero-order chi connectivity index (χ0) is 15.3. The molecule has 1 heterocycles. The highest BCUT2D eigenvalue weighted by Gasteiger charge is 2.16. The first-order chi connectivity index (χ1) is 10.0. The van der Waals surface area contributed by atoms with Crippen LogP contribution in [0.1, 0.15) is 23.4 Å². The number of rotatable bonds is 6. The molecule has 2 rings (SSSR count). The predicted molar refractivity (Wildman–Crippen MR) is 78.0 cm³/mol. The van der Waals surface area contributed by atoms with E-state index in [1.165, 1.54) is 6.07 Å². The van der Waals surface area contributed by atoms with Crippen molar-refractivity contribution in [3.05, 3.63) is 47.5 Å². The van der Waals surface area contributed by atoms with Crippen molar-refractivity contribution in [1.29, 1.82) is 5.26 Å². The summed E-state index contributed by atoms with van der Waals surface area (Å²) in [6.07, 6.45) is 4.71. The van der Waals surface area contributed by atoms with Gasteiger partial charge in [0.2, 0.25) is 10.0 Å². The smallest absolute Gasteiger partial charge is 0.240 e. The minimum atomic E-state index is -3.60. The molecule has 6 nitrogen and oxygen atoms in total. The molecule has 1 aromatic heterocycles. The molecule has 0 saturated carbocycles. The van der Waals surface area contributed by atoms with Gasteiger partial charge in [0.1, 0.15) is 5.82 Å². The average molecular weight is 304 g/mol. The Kier molecular flexibility index (Phi) is 4.73. The SMILES string of the molecule is Cc1ccc(C#N)cc1S(=O)(=O)NCCCc1ncc[nH]1. The lowest BCUT2D eigenvalue weighted by Gasteiger charge is -2.09. The van der Waals surface area contributed by atoms with Crippen molar-refractivity contribution in [2.24, 2.45) is 0 Å². The average Bonchev–Trinajstić information content (AvgIpc) is 2.97. The number of aromatic nitrogens is 2. The molecule has 21 heavy (non-hydrogen) atoms. The summed E-state index contributed by atoms with van der Waals surface area (Å²) in [4.78, 5) is 7.19. The molecule has 2 N–H and O–H groups in total. The van der Waals surface area contributed by atoms with Crippen LogP contribution in [-0.4, -0.2) is 24.9 Å². The maximum atomic E-state index is 12.2. The second kappa shape index (κ2) is 6.52. The Morgan fingerprint density at radius 1 is 1.43 bits per heavy atom. The molecule has 0 atom stereocenters. The fourth-order valence-corrected chi connectivity index (χ4v) is 3.28. The van der Waals surface area contributed by atoms with Gasteiger partial charge in [0, 0.05) is 25.4 Å². The quantitative estimate of drug-likeness (QED) is 0.790. The van der Waals surface area contributed by atoms with Crippen molar-refractivity contribution < 1.29 is 8.42 Å². The normalized spacial score (nSPS) is 11.2. The molecule has 0 saturated heterocycles. The summed E-state index contributed by atoms with van der Waals surface area (Å²) in [5, 5.41) is 8.86. The van der Waals surface area contributed by atoms with Gasteiger partial charge in [0.25, 0.3) is 0 Å². The molecule has 7 heteroatoms. The van der Waals surface area contributed by atoms with E-state index in [0.29, 0.717) is 30.5 Å². The molecular weight excluding hydrogens is 288 g/mol. The zero-order valence-electron chi connectivity index (χ0n) is 11.6. The van der Waals surface area contributed by atoms with Crippen LogP contribution < -0.4 is 4.72 Å². The number of benzene rings is 1. The molecular formula is C14H16N4O2S. The molecule has 0 fully saturated rings. The Hall–Kier alpha value is -2.17. The highest BCUT2D eigenvalue weighted by molar-refractivity contribution is 7.89. The highest BCUT2D eigenvalue weighted by Crippen LogP contribution is 2.16. The second-order valence-electron chi connectivity index (χ2n) is 4.63. The standard InChI is InChI=1S/C14H16N4O2S/c1-11-4-5-12(10-15)9-13(11)21(19,20)18-6-2-3-14-16-7-8-17-14/h4-5,7-9,18H,2-3,6H2,1H3,(H,16,17). The third-order valence-electron chi connectivity index (χ3n) is 3.04. The molecule has 0 amide bonds. The van der Waals surface area contributed by atoms with Gasteiger partial charge in [-0.2, -0.15) is 5.26 Å². The number of imidazole rings is 1. The predicted octanol–water partition coefficient (Wildman–Crippen LogP) is 1.50. The summed E-state index contributed by atoms with van der Waals surface area (Å²) in [5.41, 5.74) is 0.948. The van der Waals surface area contributed by atoms with Gasteiger partial charge in [-0.1, -0.05) is 6.07 Å². The van der Waals surface area contributed by atoms with Crippen molar-refractivity contribution in [2.45, 2.75) is 24.7 Å². The van der Waals surface area contributed by atoms with Crippen LogP contribution in [0.25, 0.3) is 0 Å². The van der Waals surface area contributed by atoms with Crippen LogP contribution in [0.2, 0.25) is 0 Å². The fraction of sp³-hybridized carbons (Fsp3) is 0.286. The van der Waals surface area contributed by atoms with E-state index in [0.717, 1.165) is 5.82 Å². The number of H-pyrrole nitrogens is 1. The van der Waals surface area contributed by atoms with E-state index in [9.17, 15) is 8.42 Å². The number of sulfonamides is 1. The van der Waals surface area contributed by atoms with Gasteiger partial charge in [0.05, 0.1) is 16.5 Å². The van der Waals surface area contributed by atoms with E-state index >= 15 is 0 Å². The first-order valence-corrected chi connectivity index (χ1v) is 8.00. The third-order valence-corrected chi connectivity index (χ3v) is 4.65. The van der Waals surface area contributed by atoms with Gasteiger partial charge in [-0.15, -0.1) is 0 Å². The van der Waals surface area contributed by atoms with E-state index in [2.05, 4.69) is 14.7 Å². The van der Waals surface area contributed by atoms with Gasteiger partial charge < -0.3 is 4.98 Å². The van der Waals surface area contributed by atoms with Crippen LogP contribution in [-0.2, 0) is 16.4 Å². The Bertz CT molecular complexity index is 746. The van der Waals surface area contributed by atoms with Crippen molar-refractivity contribution in [1.82, 2.24) is 14.7 Å². The third kappa shape index (κ3) is 3.90. The molecule has 0 unspecified atom stereocenters. The molecule has 1 aromatic carbocycles. The summed E-state index contributed by atoms with van der Waals surface area (Å²) in [6, 6.07) is 6.58. The van der Waals surface area contributed by atoms with E-state index in [1.807, 2.05) is 6.07 Å². The lowest BCUT2D eigenvalue weighted by molar-refractivity contribution is 0.577.